The number of unbranched alkanes of at least 4 members (excludes halogenated alkanes) is 6. The van der Waals surface area contributed by atoms with Gasteiger partial charge in [-0.2, -0.15) is 0 Å². The summed E-state index contributed by atoms with van der Waals surface area (Å²) in [4.78, 5) is 13.0. The van der Waals surface area contributed by atoms with Gasteiger partial charge in [-0.1, -0.05) is 108 Å². The summed E-state index contributed by atoms with van der Waals surface area (Å²) in [6, 6.07) is 18.8. The zero-order valence-corrected chi connectivity index (χ0v) is 24.2. The molecule has 4 heteroatoms. The molecule has 0 radical (unpaired) electrons. The summed E-state index contributed by atoms with van der Waals surface area (Å²) >= 11 is 0. The number of rotatable bonds is 19. The van der Waals surface area contributed by atoms with Gasteiger partial charge in [0.1, 0.15) is 12.3 Å². The van der Waals surface area contributed by atoms with Crippen molar-refractivity contribution in [2.24, 2.45) is 5.92 Å². The molecule has 0 spiro atoms. The number of ether oxygens (including phenoxy) is 2. The summed E-state index contributed by atoms with van der Waals surface area (Å²) in [6.07, 6.45) is 11.9. The fourth-order valence-corrected chi connectivity index (χ4v) is 4.68. The fourth-order valence-electron chi connectivity index (χ4n) is 4.68. The van der Waals surface area contributed by atoms with Crippen LogP contribution in [0.3, 0.4) is 0 Å². The molecule has 2 rings (SSSR count). The Labute approximate surface area is 227 Å². The van der Waals surface area contributed by atoms with Gasteiger partial charge in [-0.15, -0.1) is 0 Å². The molecule has 0 aliphatic rings. The molecular weight excluding hydrogens is 458 g/mol. The van der Waals surface area contributed by atoms with Gasteiger partial charge < -0.3 is 14.0 Å². The van der Waals surface area contributed by atoms with E-state index in [9.17, 15) is 4.79 Å². The van der Waals surface area contributed by atoms with Gasteiger partial charge in [-0.25, -0.2) is 0 Å². The third kappa shape index (κ3) is 12.6. The Morgan fingerprint density at radius 2 is 1.46 bits per heavy atom. The van der Waals surface area contributed by atoms with Crippen molar-refractivity contribution < 1.29 is 18.8 Å². The van der Waals surface area contributed by atoms with E-state index < -0.39 is 6.29 Å². The molecule has 0 saturated heterocycles. The molecule has 2 aromatic carbocycles. The first-order valence-corrected chi connectivity index (χ1v) is 14.7. The average molecular weight is 511 g/mol. The van der Waals surface area contributed by atoms with Gasteiger partial charge in [-0.3, -0.25) is 4.79 Å². The van der Waals surface area contributed by atoms with Gasteiger partial charge in [0.15, 0.2) is 0 Å². The highest BCUT2D eigenvalue weighted by atomic mass is 16.7. The zero-order valence-electron chi connectivity index (χ0n) is 24.2. The van der Waals surface area contributed by atoms with E-state index in [1.54, 1.807) is 0 Å². The van der Waals surface area contributed by atoms with Crippen LogP contribution in [0.1, 0.15) is 96.1 Å². The molecule has 0 N–H and O–H groups in total. The molecule has 0 bridgehead atoms. The lowest BCUT2D eigenvalue weighted by molar-refractivity contribution is -0.904. The number of hydrogen-bond acceptors (Lipinski definition) is 3. The maximum absolute atomic E-state index is 13.0. The molecule has 2 aromatic rings. The molecule has 2 unspecified atom stereocenters. The number of quaternary nitrogens is 1. The predicted octanol–water partition coefficient (Wildman–Crippen LogP) is 8.33. The van der Waals surface area contributed by atoms with Gasteiger partial charge >= 0.3 is 5.97 Å². The molecule has 0 aromatic heterocycles. The van der Waals surface area contributed by atoms with E-state index in [0.29, 0.717) is 6.42 Å². The van der Waals surface area contributed by atoms with Crippen LogP contribution < -0.4 is 4.74 Å². The number of nitrogens with zero attached hydrogens (tertiary/aromatic N) is 1. The molecular formula is C33H52NO3+. The number of esters is 1. The van der Waals surface area contributed by atoms with Crippen molar-refractivity contribution in [2.45, 2.75) is 104 Å². The van der Waals surface area contributed by atoms with E-state index >= 15 is 0 Å². The third-order valence-corrected chi connectivity index (χ3v) is 7.08. The molecule has 4 nitrogen and oxygen atoms in total. The highest BCUT2D eigenvalue weighted by Gasteiger charge is 2.25. The zero-order chi connectivity index (χ0) is 26.9. The van der Waals surface area contributed by atoms with Crippen molar-refractivity contribution in [3.8, 4) is 5.75 Å². The second-order valence-corrected chi connectivity index (χ2v) is 11.2. The molecule has 0 heterocycles. The minimum Gasteiger partial charge on any atom is -0.455 e. The van der Waals surface area contributed by atoms with Gasteiger partial charge in [0.05, 0.1) is 26.6 Å². The van der Waals surface area contributed by atoms with Crippen LogP contribution in [-0.4, -0.2) is 37.4 Å². The molecule has 0 fully saturated rings. The van der Waals surface area contributed by atoms with Crippen LogP contribution >= 0.6 is 0 Å². The van der Waals surface area contributed by atoms with E-state index in [1.165, 1.54) is 56.1 Å². The third-order valence-electron chi connectivity index (χ3n) is 7.08. The molecule has 37 heavy (non-hydrogen) atoms. The summed E-state index contributed by atoms with van der Waals surface area (Å²) in [7, 11) is 4.44. The Hall–Kier alpha value is -2.33. The van der Waals surface area contributed by atoms with E-state index in [1.807, 2.05) is 25.1 Å². The second kappa shape index (κ2) is 17.2. The molecule has 0 aliphatic heterocycles. The van der Waals surface area contributed by atoms with Crippen LogP contribution in [0.15, 0.2) is 54.6 Å². The predicted molar refractivity (Wildman–Crippen MR) is 154 cm³/mol. The van der Waals surface area contributed by atoms with Crippen molar-refractivity contribution in [1.82, 2.24) is 0 Å². The smallest absolute Gasteiger partial charge is 0.311 e. The Balaban J connectivity index is 1.85. The van der Waals surface area contributed by atoms with E-state index in [4.69, 9.17) is 9.47 Å². The minimum absolute atomic E-state index is 0.164. The maximum Gasteiger partial charge on any atom is 0.311 e. The molecule has 206 valence electrons. The summed E-state index contributed by atoms with van der Waals surface area (Å²) < 4.78 is 13.0. The lowest BCUT2D eigenvalue weighted by Crippen LogP contribution is -2.41. The number of para-hydroxylation sites is 1. The molecule has 0 amide bonds. The van der Waals surface area contributed by atoms with E-state index in [0.717, 1.165) is 42.6 Å². The van der Waals surface area contributed by atoms with Crippen LogP contribution in [0.2, 0.25) is 0 Å². The van der Waals surface area contributed by atoms with Gasteiger partial charge in [0, 0.05) is 18.4 Å². The lowest BCUT2D eigenvalue weighted by Gasteiger charge is -2.31. The quantitative estimate of drug-likeness (QED) is 0.0824. The van der Waals surface area contributed by atoms with Gasteiger partial charge in [0.25, 0.3) is 0 Å². The van der Waals surface area contributed by atoms with Gasteiger partial charge in [-0.05, 0) is 30.9 Å². The van der Waals surface area contributed by atoms with E-state index in [2.05, 4.69) is 64.3 Å². The van der Waals surface area contributed by atoms with Crippen molar-refractivity contribution in [2.75, 3.05) is 20.6 Å². The van der Waals surface area contributed by atoms with Crippen molar-refractivity contribution in [3.05, 3.63) is 65.7 Å². The van der Waals surface area contributed by atoms with Crippen molar-refractivity contribution in [1.29, 1.82) is 0 Å². The normalized spacial score (nSPS) is 13.2. The van der Waals surface area contributed by atoms with Crippen molar-refractivity contribution >= 4 is 5.97 Å². The van der Waals surface area contributed by atoms with Crippen LogP contribution in [0.4, 0.5) is 0 Å². The average Bonchev–Trinajstić information content (AvgIpc) is 2.88. The molecule has 0 aliphatic carbocycles. The summed E-state index contributed by atoms with van der Waals surface area (Å²) in [6.45, 7) is 8.18. The standard InChI is InChI=1S/C33H52NO3/c1-6-8-9-10-11-12-16-22-30-23-17-18-24-31(30)36-32(19-7-2)37-33(35)28(3)25-26-34(4,5)27-29-20-14-13-15-21-29/h13-15,17-18,20-21,23-24,28,32H,6-12,16,19,22,25-27H2,1-5H3/q+1. The summed E-state index contributed by atoms with van der Waals surface area (Å²) in [5.74, 6) is 0.523. The first-order valence-electron chi connectivity index (χ1n) is 14.7. The molecule has 0 saturated carbocycles. The van der Waals surface area contributed by atoms with Crippen molar-refractivity contribution in [3.63, 3.8) is 0 Å². The highest BCUT2D eigenvalue weighted by molar-refractivity contribution is 5.72. The lowest BCUT2D eigenvalue weighted by atomic mass is 10.0. The number of carbonyl (C=O) groups is 1. The van der Waals surface area contributed by atoms with Gasteiger partial charge in [0.2, 0.25) is 6.29 Å². The Morgan fingerprint density at radius 1 is 0.811 bits per heavy atom. The van der Waals surface area contributed by atoms with Crippen LogP contribution in [0, 0.1) is 5.92 Å². The maximum atomic E-state index is 13.0. The van der Waals surface area contributed by atoms with Crippen LogP contribution in [0.25, 0.3) is 0 Å². The highest BCUT2D eigenvalue weighted by Crippen LogP contribution is 2.24. The number of hydrogen-bond donors (Lipinski definition) is 0. The van der Waals surface area contributed by atoms with E-state index in [-0.39, 0.29) is 11.9 Å². The molecule has 2 atom stereocenters. The van der Waals surface area contributed by atoms with Crippen LogP contribution in [0.5, 0.6) is 5.75 Å². The fraction of sp³-hybridized carbons (Fsp3) is 0.606. The minimum atomic E-state index is -0.540. The Kier molecular flexibility index (Phi) is 14.4. The largest absolute Gasteiger partial charge is 0.455 e. The number of aryl methyl sites for hydroxylation is 1. The number of benzene rings is 2. The Morgan fingerprint density at radius 3 is 2.16 bits per heavy atom. The summed E-state index contributed by atoms with van der Waals surface area (Å²) in [5, 5.41) is 0. The van der Waals surface area contributed by atoms with Crippen LogP contribution in [-0.2, 0) is 22.5 Å². The summed E-state index contributed by atoms with van der Waals surface area (Å²) in [5.41, 5.74) is 2.52. The first kappa shape index (κ1) is 30.9. The monoisotopic (exact) mass is 510 g/mol. The topological polar surface area (TPSA) is 35.5 Å². The Bertz CT molecular complexity index is 880. The first-order chi connectivity index (χ1) is 17.8. The number of carbonyl (C=O) groups excluding carboxylic acids is 1. The SMILES string of the molecule is CCCCCCCCCc1ccccc1OC(CCC)OC(=O)C(C)CC[N+](C)(C)Cc1ccccc1. The second-order valence-electron chi connectivity index (χ2n) is 11.2.